The van der Waals surface area contributed by atoms with Gasteiger partial charge in [0.1, 0.15) is 12.6 Å². The van der Waals surface area contributed by atoms with Crippen molar-refractivity contribution >= 4 is 18.0 Å². The number of aliphatic carboxylic acids is 1. The highest BCUT2D eigenvalue weighted by Gasteiger charge is 2.32. The number of allylic oxidation sites excluding steroid dienone is 1. The molecular weight excluding hydrogens is 448 g/mol. The molecule has 0 radical (unpaired) electrons. The zero-order valence-corrected chi connectivity index (χ0v) is 19.5. The van der Waals surface area contributed by atoms with Crippen molar-refractivity contribution in [2.75, 3.05) is 26.3 Å². The van der Waals surface area contributed by atoms with Crippen molar-refractivity contribution < 1.29 is 29.0 Å². The number of amides is 2. The molecule has 0 bridgehead atoms. The van der Waals surface area contributed by atoms with E-state index < -0.39 is 24.2 Å². The molecule has 8 heteroatoms. The number of hydrogen-bond donors (Lipinski definition) is 2. The van der Waals surface area contributed by atoms with Crippen molar-refractivity contribution in [3.63, 3.8) is 0 Å². The molecule has 2 amide bonds. The van der Waals surface area contributed by atoms with Crippen molar-refractivity contribution in [2.24, 2.45) is 0 Å². The molecule has 2 aromatic rings. The number of nitrogens with zero attached hydrogens (tertiary/aromatic N) is 1. The minimum Gasteiger partial charge on any atom is -0.481 e. The molecule has 2 aromatic carbocycles. The molecule has 1 saturated heterocycles. The number of hydrogen-bond acceptors (Lipinski definition) is 5. The van der Waals surface area contributed by atoms with Gasteiger partial charge in [0.2, 0.25) is 5.91 Å². The average molecular weight is 479 g/mol. The lowest BCUT2D eigenvalue weighted by atomic mass is 9.98. The van der Waals surface area contributed by atoms with Crippen LogP contribution < -0.4 is 5.32 Å². The van der Waals surface area contributed by atoms with Gasteiger partial charge in [-0.05, 0) is 35.1 Å². The van der Waals surface area contributed by atoms with Crippen molar-refractivity contribution in [2.45, 2.75) is 37.3 Å². The minimum atomic E-state index is -0.982. The van der Waals surface area contributed by atoms with Crippen LogP contribution in [0.5, 0.6) is 0 Å². The van der Waals surface area contributed by atoms with E-state index in [1.165, 1.54) is 0 Å². The number of carbonyl (C=O) groups is 3. The average Bonchev–Trinajstić information content (AvgIpc) is 3.18. The molecule has 184 valence electrons. The zero-order valence-electron chi connectivity index (χ0n) is 19.5. The lowest BCUT2D eigenvalue weighted by Gasteiger charge is -2.34. The fourth-order valence-corrected chi connectivity index (χ4v) is 4.78. The van der Waals surface area contributed by atoms with Crippen LogP contribution in [0.3, 0.4) is 0 Å². The molecule has 0 aromatic heterocycles. The summed E-state index contributed by atoms with van der Waals surface area (Å²) in [4.78, 5) is 38.5. The number of alkyl carbamates (subject to hydrolysis) is 1. The van der Waals surface area contributed by atoms with Crippen LogP contribution in [-0.4, -0.2) is 66.4 Å². The third-order valence-electron chi connectivity index (χ3n) is 6.45. The van der Waals surface area contributed by atoms with E-state index in [4.69, 9.17) is 14.6 Å². The standard InChI is InChI=1S/C27H30N2O6/c1-2-3-12-24(26(32)29-13-14-34-18(16-29)15-25(30)31)28-27(33)35-17-23-21-10-6-4-8-19(21)20-9-5-7-11-22(20)23/h2,4-11,18,23-24H,1,3,12-17H2,(H,28,33)(H,30,31). The van der Waals surface area contributed by atoms with Gasteiger partial charge in [-0.2, -0.15) is 0 Å². The summed E-state index contributed by atoms with van der Waals surface area (Å²) in [7, 11) is 0. The quantitative estimate of drug-likeness (QED) is 0.534. The summed E-state index contributed by atoms with van der Waals surface area (Å²) in [6.07, 6.45) is 1.17. The Balaban J connectivity index is 1.40. The Labute approximate surface area is 204 Å². The normalized spacial score (nSPS) is 17.7. The predicted molar refractivity (Wildman–Crippen MR) is 130 cm³/mol. The van der Waals surface area contributed by atoms with Gasteiger partial charge in [-0.15, -0.1) is 6.58 Å². The van der Waals surface area contributed by atoms with Gasteiger partial charge in [0.15, 0.2) is 0 Å². The molecule has 2 aliphatic rings. The second-order valence-corrected chi connectivity index (χ2v) is 8.76. The van der Waals surface area contributed by atoms with E-state index in [1.54, 1.807) is 11.0 Å². The third kappa shape index (κ3) is 5.71. The van der Waals surface area contributed by atoms with Gasteiger partial charge in [0.25, 0.3) is 0 Å². The molecule has 2 atom stereocenters. The number of benzene rings is 2. The summed E-state index contributed by atoms with van der Waals surface area (Å²) in [6.45, 7) is 4.62. The molecule has 0 spiro atoms. The molecule has 1 fully saturated rings. The molecule has 2 unspecified atom stereocenters. The maximum Gasteiger partial charge on any atom is 0.407 e. The van der Waals surface area contributed by atoms with Crippen molar-refractivity contribution in [1.29, 1.82) is 0 Å². The highest BCUT2D eigenvalue weighted by Crippen LogP contribution is 2.44. The number of rotatable bonds is 9. The Morgan fingerprint density at radius 1 is 1.14 bits per heavy atom. The molecule has 4 rings (SSSR count). The maximum atomic E-state index is 13.2. The van der Waals surface area contributed by atoms with Crippen LogP contribution in [0.1, 0.15) is 36.3 Å². The van der Waals surface area contributed by atoms with Gasteiger partial charge >= 0.3 is 12.1 Å². The van der Waals surface area contributed by atoms with Gasteiger partial charge in [-0.3, -0.25) is 9.59 Å². The first-order valence-corrected chi connectivity index (χ1v) is 11.8. The Kier molecular flexibility index (Phi) is 7.82. The van der Waals surface area contributed by atoms with Crippen molar-refractivity contribution in [1.82, 2.24) is 10.2 Å². The molecule has 1 aliphatic heterocycles. The summed E-state index contributed by atoms with van der Waals surface area (Å²) in [6, 6.07) is 15.4. The molecule has 1 aliphatic carbocycles. The van der Waals surface area contributed by atoms with E-state index in [0.717, 1.165) is 22.3 Å². The lowest BCUT2D eigenvalue weighted by molar-refractivity contribution is -0.148. The molecular formula is C27H30N2O6. The van der Waals surface area contributed by atoms with E-state index in [2.05, 4.69) is 24.0 Å². The summed E-state index contributed by atoms with van der Waals surface area (Å²) in [5, 5.41) is 11.8. The second kappa shape index (κ2) is 11.2. The maximum absolute atomic E-state index is 13.2. The van der Waals surface area contributed by atoms with Gasteiger partial charge in [0, 0.05) is 19.0 Å². The molecule has 0 saturated carbocycles. The number of carboxylic acids is 1. The number of nitrogens with one attached hydrogen (secondary N) is 1. The summed E-state index contributed by atoms with van der Waals surface area (Å²) in [5.74, 6) is -1.34. The number of fused-ring (bicyclic) bond motifs is 3. The van der Waals surface area contributed by atoms with Crippen LogP contribution >= 0.6 is 0 Å². The van der Waals surface area contributed by atoms with E-state index >= 15 is 0 Å². The predicted octanol–water partition coefficient (Wildman–Crippen LogP) is 3.56. The Morgan fingerprint density at radius 2 is 1.80 bits per heavy atom. The van der Waals surface area contributed by atoms with Crippen LogP contribution in [0.15, 0.2) is 61.2 Å². The number of carbonyl (C=O) groups excluding carboxylic acids is 2. The van der Waals surface area contributed by atoms with Gasteiger partial charge < -0.3 is 24.8 Å². The number of ether oxygens (including phenoxy) is 2. The fraction of sp³-hybridized carbons (Fsp3) is 0.370. The lowest BCUT2D eigenvalue weighted by Crippen LogP contribution is -2.54. The number of carboxylic acid groups (broad SMARTS) is 1. The van der Waals surface area contributed by atoms with Crippen LogP contribution in [0.2, 0.25) is 0 Å². The van der Waals surface area contributed by atoms with E-state index in [1.807, 2.05) is 36.4 Å². The highest BCUT2D eigenvalue weighted by molar-refractivity contribution is 5.86. The van der Waals surface area contributed by atoms with E-state index in [-0.39, 0.29) is 38.0 Å². The third-order valence-corrected chi connectivity index (χ3v) is 6.45. The monoisotopic (exact) mass is 478 g/mol. The Bertz CT molecular complexity index is 1060. The Hall–Kier alpha value is -3.65. The summed E-state index contributed by atoms with van der Waals surface area (Å²) < 4.78 is 11.1. The summed E-state index contributed by atoms with van der Waals surface area (Å²) >= 11 is 0. The number of morpholine rings is 1. The highest BCUT2D eigenvalue weighted by atomic mass is 16.5. The van der Waals surface area contributed by atoms with Gasteiger partial charge in [-0.1, -0.05) is 54.6 Å². The van der Waals surface area contributed by atoms with Crippen LogP contribution in [0.25, 0.3) is 11.1 Å². The topological polar surface area (TPSA) is 105 Å². The first-order valence-electron chi connectivity index (χ1n) is 11.8. The molecule has 2 N–H and O–H groups in total. The van der Waals surface area contributed by atoms with Crippen molar-refractivity contribution in [3.8, 4) is 11.1 Å². The largest absolute Gasteiger partial charge is 0.481 e. The second-order valence-electron chi connectivity index (χ2n) is 8.76. The molecule has 35 heavy (non-hydrogen) atoms. The SMILES string of the molecule is C=CCCC(NC(=O)OCC1c2ccccc2-c2ccccc21)C(=O)N1CCOC(CC(=O)O)C1. The molecule has 1 heterocycles. The summed E-state index contributed by atoms with van der Waals surface area (Å²) in [5.41, 5.74) is 4.50. The Morgan fingerprint density at radius 3 is 2.43 bits per heavy atom. The van der Waals surface area contributed by atoms with E-state index in [0.29, 0.717) is 19.4 Å². The van der Waals surface area contributed by atoms with Crippen LogP contribution in [-0.2, 0) is 19.1 Å². The first-order chi connectivity index (χ1) is 17.0. The fourth-order valence-electron chi connectivity index (χ4n) is 4.78. The van der Waals surface area contributed by atoms with Gasteiger partial charge in [-0.25, -0.2) is 4.79 Å². The van der Waals surface area contributed by atoms with Crippen LogP contribution in [0, 0.1) is 0 Å². The molecule has 8 nitrogen and oxygen atoms in total. The van der Waals surface area contributed by atoms with Crippen molar-refractivity contribution in [3.05, 3.63) is 72.3 Å². The van der Waals surface area contributed by atoms with Crippen LogP contribution in [0.4, 0.5) is 4.79 Å². The smallest absolute Gasteiger partial charge is 0.407 e. The minimum absolute atomic E-state index is 0.0773. The first kappa shape index (κ1) is 24.5. The zero-order chi connectivity index (χ0) is 24.8. The van der Waals surface area contributed by atoms with Gasteiger partial charge in [0.05, 0.1) is 19.1 Å². The van der Waals surface area contributed by atoms with E-state index in [9.17, 15) is 14.4 Å².